The van der Waals surface area contributed by atoms with Crippen molar-refractivity contribution in [3.05, 3.63) is 60.2 Å². The maximum Gasteiger partial charge on any atom is 0.328 e. The van der Waals surface area contributed by atoms with Crippen molar-refractivity contribution in [2.24, 2.45) is 0 Å². The molecule has 0 aromatic heterocycles. The van der Waals surface area contributed by atoms with Crippen LogP contribution in [0.3, 0.4) is 0 Å². The molecule has 4 N–H and O–H groups in total. The Hall–Kier alpha value is -3.92. The predicted molar refractivity (Wildman–Crippen MR) is 142 cm³/mol. The van der Waals surface area contributed by atoms with E-state index in [1.165, 1.54) is 7.11 Å². The van der Waals surface area contributed by atoms with Gasteiger partial charge in [0.2, 0.25) is 17.7 Å². The van der Waals surface area contributed by atoms with Gasteiger partial charge in [-0.3, -0.25) is 19.6 Å². The molecule has 1 atom stereocenters. The zero-order chi connectivity index (χ0) is 27.6. The lowest BCUT2D eigenvalue weighted by atomic mass is 10.1. The maximum atomic E-state index is 12.4. The highest BCUT2D eigenvalue weighted by atomic mass is 16.5. The highest BCUT2D eigenvalue weighted by molar-refractivity contribution is 5.90. The van der Waals surface area contributed by atoms with Crippen LogP contribution < -0.4 is 20.9 Å². The SMILES string of the molecule is COC(=O)[C@H](Cc1ccccc1)NC(=O)CCCOc1cccc(NC(=O)CCCCCCC(=O)NO)c1. The lowest BCUT2D eigenvalue weighted by molar-refractivity contribution is -0.145. The third-order valence-corrected chi connectivity index (χ3v) is 5.72. The molecule has 0 aliphatic carbocycles. The molecule has 2 aromatic rings. The Morgan fingerprint density at radius 2 is 1.50 bits per heavy atom. The van der Waals surface area contributed by atoms with Gasteiger partial charge in [0.15, 0.2) is 0 Å². The summed E-state index contributed by atoms with van der Waals surface area (Å²) in [6.07, 6.45) is 4.59. The third-order valence-electron chi connectivity index (χ3n) is 5.72. The van der Waals surface area contributed by atoms with E-state index in [4.69, 9.17) is 14.7 Å². The Bertz CT molecular complexity index is 1030. The van der Waals surface area contributed by atoms with Crippen molar-refractivity contribution in [2.45, 2.75) is 63.8 Å². The molecule has 0 saturated heterocycles. The van der Waals surface area contributed by atoms with E-state index >= 15 is 0 Å². The number of carbonyl (C=O) groups is 4. The van der Waals surface area contributed by atoms with Crippen LogP contribution in [0.1, 0.15) is 56.9 Å². The van der Waals surface area contributed by atoms with Crippen molar-refractivity contribution in [1.29, 1.82) is 0 Å². The number of hydroxylamine groups is 1. The van der Waals surface area contributed by atoms with Crippen LogP contribution in [-0.2, 0) is 30.3 Å². The van der Waals surface area contributed by atoms with E-state index in [1.54, 1.807) is 29.7 Å². The molecule has 10 nitrogen and oxygen atoms in total. The zero-order valence-electron chi connectivity index (χ0n) is 21.7. The predicted octanol–water partition coefficient (Wildman–Crippen LogP) is 3.53. The van der Waals surface area contributed by atoms with Crippen LogP contribution in [0.25, 0.3) is 0 Å². The molecule has 10 heteroatoms. The molecule has 206 valence electrons. The molecule has 38 heavy (non-hydrogen) atoms. The summed E-state index contributed by atoms with van der Waals surface area (Å²) >= 11 is 0. The van der Waals surface area contributed by atoms with E-state index in [0.717, 1.165) is 18.4 Å². The van der Waals surface area contributed by atoms with E-state index in [1.807, 2.05) is 30.3 Å². The van der Waals surface area contributed by atoms with Crippen molar-refractivity contribution >= 4 is 29.4 Å². The van der Waals surface area contributed by atoms with Gasteiger partial charge in [0.25, 0.3) is 0 Å². The van der Waals surface area contributed by atoms with Crippen molar-refractivity contribution in [2.75, 3.05) is 19.0 Å². The molecule has 0 bridgehead atoms. The normalized spacial score (nSPS) is 11.2. The first-order chi connectivity index (χ1) is 18.4. The second-order valence-corrected chi connectivity index (χ2v) is 8.81. The minimum absolute atomic E-state index is 0.109. The standard InChI is InChI=1S/C28H37N3O7/c1-37-28(35)24(19-21-11-5-4-6-12-21)30-26(33)17-10-18-38-23-14-9-13-22(20-23)29-25(32)15-7-2-3-8-16-27(34)31-36/h4-6,9,11-14,20,24,36H,2-3,7-8,10,15-19H2,1H3,(H,29,32)(H,30,33)(H,31,34)/t24-/m0/s1. The molecule has 0 fully saturated rings. The number of nitrogens with one attached hydrogen (secondary N) is 3. The van der Waals surface area contributed by atoms with Crippen molar-refractivity contribution in [3.8, 4) is 5.75 Å². The molecule has 0 unspecified atom stereocenters. The Morgan fingerprint density at radius 1 is 0.816 bits per heavy atom. The number of benzene rings is 2. The molecular formula is C28H37N3O7. The number of anilines is 1. The third kappa shape index (κ3) is 12.4. The van der Waals surface area contributed by atoms with Crippen molar-refractivity contribution < 1.29 is 33.9 Å². The summed E-state index contributed by atoms with van der Waals surface area (Å²) in [5.74, 6) is -0.703. The number of ether oxygens (including phenoxy) is 2. The Labute approximate surface area is 223 Å². The smallest absolute Gasteiger partial charge is 0.328 e. The minimum atomic E-state index is -0.760. The van der Waals surface area contributed by atoms with Gasteiger partial charge in [-0.1, -0.05) is 49.2 Å². The zero-order valence-corrected chi connectivity index (χ0v) is 21.7. The second kappa shape index (κ2) is 17.5. The summed E-state index contributed by atoms with van der Waals surface area (Å²) < 4.78 is 10.6. The minimum Gasteiger partial charge on any atom is -0.494 e. The quantitative estimate of drug-likeness (QED) is 0.107. The van der Waals surface area contributed by atoms with Crippen LogP contribution in [-0.4, -0.2) is 48.7 Å². The van der Waals surface area contributed by atoms with E-state index in [9.17, 15) is 19.2 Å². The summed E-state index contributed by atoms with van der Waals surface area (Å²) in [7, 11) is 1.29. The van der Waals surface area contributed by atoms with Crippen LogP contribution >= 0.6 is 0 Å². The fourth-order valence-electron chi connectivity index (χ4n) is 3.74. The highest BCUT2D eigenvalue weighted by Gasteiger charge is 2.21. The monoisotopic (exact) mass is 527 g/mol. The van der Waals surface area contributed by atoms with E-state index in [2.05, 4.69) is 10.6 Å². The van der Waals surface area contributed by atoms with Gasteiger partial charge in [-0.2, -0.15) is 0 Å². The molecule has 0 spiro atoms. The lowest BCUT2D eigenvalue weighted by Crippen LogP contribution is -2.43. The van der Waals surface area contributed by atoms with Crippen LogP contribution in [0.4, 0.5) is 5.69 Å². The first kappa shape index (κ1) is 30.3. The summed E-state index contributed by atoms with van der Waals surface area (Å²) in [4.78, 5) is 47.6. The molecule has 0 aliphatic rings. The average Bonchev–Trinajstić information content (AvgIpc) is 2.92. The van der Waals surface area contributed by atoms with Crippen LogP contribution in [0.5, 0.6) is 5.75 Å². The van der Waals surface area contributed by atoms with Gasteiger partial charge in [0.1, 0.15) is 11.8 Å². The molecule has 0 saturated carbocycles. The Kier molecular flexibility index (Phi) is 14.0. The molecule has 0 aliphatic heterocycles. The van der Waals surface area contributed by atoms with Gasteiger partial charge in [-0.05, 0) is 37.0 Å². The molecule has 0 radical (unpaired) electrons. The van der Waals surface area contributed by atoms with Gasteiger partial charge < -0.3 is 20.1 Å². The van der Waals surface area contributed by atoms with Crippen molar-refractivity contribution in [3.63, 3.8) is 0 Å². The number of unbranched alkanes of at least 4 members (excludes halogenated alkanes) is 3. The van der Waals surface area contributed by atoms with Crippen LogP contribution in [0.2, 0.25) is 0 Å². The van der Waals surface area contributed by atoms with Crippen LogP contribution in [0, 0.1) is 0 Å². The number of amides is 3. The topological polar surface area (TPSA) is 143 Å². The summed E-state index contributed by atoms with van der Waals surface area (Å²) in [5.41, 5.74) is 3.14. The molecule has 0 heterocycles. The maximum absolute atomic E-state index is 12.4. The van der Waals surface area contributed by atoms with Gasteiger partial charge in [0, 0.05) is 37.4 Å². The van der Waals surface area contributed by atoms with Gasteiger partial charge in [0.05, 0.1) is 13.7 Å². The number of hydrogen-bond donors (Lipinski definition) is 4. The first-order valence-corrected chi connectivity index (χ1v) is 12.8. The summed E-state index contributed by atoms with van der Waals surface area (Å²) in [6, 6.07) is 15.7. The summed E-state index contributed by atoms with van der Waals surface area (Å²) in [6.45, 7) is 0.292. The largest absolute Gasteiger partial charge is 0.494 e. The van der Waals surface area contributed by atoms with Crippen molar-refractivity contribution in [1.82, 2.24) is 10.8 Å². The molecule has 3 amide bonds. The molecule has 2 rings (SSSR count). The van der Waals surface area contributed by atoms with Crippen LogP contribution in [0.15, 0.2) is 54.6 Å². The second-order valence-electron chi connectivity index (χ2n) is 8.81. The van der Waals surface area contributed by atoms with E-state index < -0.39 is 17.9 Å². The van der Waals surface area contributed by atoms with E-state index in [0.29, 0.717) is 50.1 Å². The van der Waals surface area contributed by atoms with Gasteiger partial charge in [-0.15, -0.1) is 0 Å². The molecule has 2 aromatic carbocycles. The van der Waals surface area contributed by atoms with E-state index in [-0.39, 0.29) is 24.7 Å². The lowest BCUT2D eigenvalue weighted by Gasteiger charge is -2.16. The Morgan fingerprint density at radius 3 is 2.18 bits per heavy atom. The fraction of sp³-hybridized carbons (Fsp3) is 0.429. The highest BCUT2D eigenvalue weighted by Crippen LogP contribution is 2.18. The van der Waals surface area contributed by atoms with Gasteiger partial charge >= 0.3 is 5.97 Å². The first-order valence-electron chi connectivity index (χ1n) is 12.8. The Balaban J connectivity index is 1.67. The summed E-state index contributed by atoms with van der Waals surface area (Å²) in [5, 5.41) is 14.0. The van der Waals surface area contributed by atoms with Gasteiger partial charge in [-0.25, -0.2) is 10.3 Å². The average molecular weight is 528 g/mol. The fourth-order valence-corrected chi connectivity index (χ4v) is 3.74. The molecular weight excluding hydrogens is 490 g/mol. The number of esters is 1. The number of methoxy groups -OCH3 is 1. The number of hydrogen-bond acceptors (Lipinski definition) is 7. The number of carbonyl (C=O) groups excluding carboxylic acids is 4. The number of rotatable bonds is 17.